The van der Waals surface area contributed by atoms with Gasteiger partial charge in [-0.1, -0.05) is 6.92 Å². The van der Waals surface area contributed by atoms with E-state index in [0.29, 0.717) is 11.4 Å². The van der Waals surface area contributed by atoms with E-state index in [1.807, 2.05) is 30.6 Å². The summed E-state index contributed by atoms with van der Waals surface area (Å²) in [5, 5.41) is 0. The van der Waals surface area contributed by atoms with Gasteiger partial charge in [-0.05, 0) is 18.6 Å². The summed E-state index contributed by atoms with van der Waals surface area (Å²) in [6.45, 7) is 2.14. The summed E-state index contributed by atoms with van der Waals surface area (Å²) in [6.07, 6.45) is 5.80. The minimum atomic E-state index is 0.647. The van der Waals surface area contributed by atoms with Gasteiger partial charge in [-0.3, -0.25) is 0 Å². The number of nitrogens with zero attached hydrogens (tertiary/aromatic N) is 2. The fourth-order valence-corrected chi connectivity index (χ4v) is 1.83. The van der Waals surface area contributed by atoms with Crippen LogP contribution in [0.3, 0.4) is 0 Å². The van der Waals surface area contributed by atoms with Crippen molar-refractivity contribution < 1.29 is 4.74 Å². The molecule has 0 spiro atoms. The molecule has 2 aromatic rings. The first kappa shape index (κ1) is 11.5. The second kappa shape index (κ2) is 4.91. The molecule has 1 aromatic carbocycles. The van der Waals surface area contributed by atoms with Crippen LogP contribution in [0.1, 0.15) is 19.2 Å². The monoisotopic (exact) mass is 231 g/mol. The van der Waals surface area contributed by atoms with Gasteiger partial charge in [0.1, 0.15) is 11.6 Å². The molecule has 0 bridgehead atoms. The molecule has 1 heterocycles. The molecule has 1 aromatic heterocycles. The van der Waals surface area contributed by atoms with Crippen LogP contribution in [0.15, 0.2) is 30.6 Å². The average Bonchev–Trinajstić information content (AvgIpc) is 2.78. The van der Waals surface area contributed by atoms with E-state index >= 15 is 0 Å². The van der Waals surface area contributed by atoms with E-state index in [0.717, 1.165) is 24.4 Å². The van der Waals surface area contributed by atoms with E-state index in [1.165, 1.54) is 0 Å². The second-order valence-electron chi connectivity index (χ2n) is 3.89. The van der Waals surface area contributed by atoms with Crippen LogP contribution in [0.2, 0.25) is 0 Å². The van der Waals surface area contributed by atoms with E-state index in [2.05, 4.69) is 16.5 Å². The van der Waals surface area contributed by atoms with Crippen molar-refractivity contribution in [2.75, 3.05) is 12.8 Å². The fraction of sp³-hybridized carbons (Fsp3) is 0.308. The number of hydrogen-bond acceptors (Lipinski definition) is 3. The Kier molecular flexibility index (Phi) is 3.32. The Balaban J connectivity index is 2.42. The van der Waals surface area contributed by atoms with Gasteiger partial charge in [0.15, 0.2) is 0 Å². The predicted octanol–water partition coefficient (Wildman–Crippen LogP) is 2.42. The zero-order valence-corrected chi connectivity index (χ0v) is 10.2. The van der Waals surface area contributed by atoms with Crippen LogP contribution in [0.4, 0.5) is 5.69 Å². The Morgan fingerprint density at radius 3 is 2.94 bits per heavy atom. The van der Waals surface area contributed by atoms with Crippen LogP contribution in [0.5, 0.6) is 5.75 Å². The Morgan fingerprint density at radius 2 is 2.24 bits per heavy atom. The molecule has 4 nitrogen and oxygen atoms in total. The average molecular weight is 231 g/mol. The topological polar surface area (TPSA) is 53.1 Å². The SMILES string of the molecule is CCCc1nccn1-c1ccc(N)c(OC)c1. The fourth-order valence-electron chi connectivity index (χ4n) is 1.83. The zero-order valence-electron chi connectivity index (χ0n) is 10.2. The summed E-state index contributed by atoms with van der Waals surface area (Å²) in [7, 11) is 1.62. The molecule has 0 fully saturated rings. The number of nitrogen functional groups attached to an aromatic ring is 1. The van der Waals surface area contributed by atoms with E-state index in [1.54, 1.807) is 7.11 Å². The van der Waals surface area contributed by atoms with Crippen molar-refractivity contribution in [3.05, 3.63) is 36.4 Å². The first-order chi connectivity index (χ1) is 8.26. The Morgan fingerprint density at radius 1 is 1.41 bits per heavy atom. The number of nitrogens with two attached hydrogens (primary N) is 1. The number of imidazole rings is 1. The molecule has 0 aliphatic heterocycles. The molecule has 4 heteroatoms. The van der Waals surface area contributed by atoms with Crippen molar-refractivity contribution in [3.8, 4) is 11.4 Å². The molecule has 90 valence electrons. The highest BCUT2D eigenvalue weighted by Crippen LogP contribution is 2.25. The first-order valence-electron chi connectivity index (χ1n) is 5.72. The third-order valence-corrected chi connectivity index (χ3v) is 2.69. The summed E-state index contributed by atoms with van der Waals surface area (Å²) in [4.78, 5) is 4.35. The van der Waals surface area contributed by atoms with E-state index in [4.69, 9.17) is 10.5 Å². The number of methoxy groups -OCH3 is 1. The van der Waals surface area contributed by atoms with E-state index in [-0.39, 0.29) is 0 Å². The van der Waals surface area contributed by atoms with Gasteiger partial charge in [-0.2, -0.15) is 0 Å². The minimum absolute atomic E-state index is 0.647. The van der Waals surface area contributed by atoms with Gasteiger partial charge in [-0.15, -0.1) is 0 Å². The van der Waals surface area contributed by atoms with E-state index in [9.17, 15) is 0 Å². The summed E-state index contributed by atoms with van der Waals surface area (Å²) < 4.78 is 7.29. The summed E-state index contributed by atoms with van der Waals surface area (Å²) in [6, 6.07) is 5.75. The number of ether oxygens (including phenoxy) is 1. The number of benzene rings is 1. The van der Waals surface area contributed by atoms with Crippen molar-refractivity contribution in [1.82, 2.24) is 9.55 Å². The van der Waals surface area contributed by atoms with Crippen LogP contribution >= 0.6 is 0 Å². The molecule has 0 unspecified atom stereocenters. The lowest BCUT2D eigenvalue weighted by Crippen LogP contribution is -2.01. The molecule has 0 amide bonds. The van der Waals surface area contributed by atoms with Crippen LogP contribution in [-0.2, 0) is 6.42 Å². The number of aromatic nitrogens is 2. The molecule has 0 radical (unpaired) electrons. The third kappa shape index (κ3) is 2.25. The van der Waals surface area contributed by atoms with Crippen LogP contribution in [0, 0.1) is 0 Å². The highest BCUT2D eigenvalue weighted by molar-refractivity contribution is 5.57. The maximum Gasteiger partial charge on any atom is 0.143 e. The van der Waals surface area contributed by atoms with Gasteiger partial charge in [0.05, 0.1) is 18.5 Å². The maximum atomic E-state index is 5.80. The standard InChI is InChI=1S/C13H17N3O/c1-3-4-13-15-7-8-16(13)10-5-6-11(14)12(9-10)17-2/h5-9H,3-4,14H2,1-2H3. The normalized spacial score (nSPS) is 10.5. The lowest BCUT2D eigenvalue weighted by molar-refractivity contribution is 0.417. The predicted molar refractivity (Wildman–Crippen MR) is 68.5 cm³/mol. The van der Waals surface area contributed by atoms with Gasteiger partial charge >= 0.3 is 0 Å². The first-order valence-corrected chi connectivity index (χ1v) is 5.72. The van der Waals surface area contributed by atoms with Crippen molar-refractivity contribution in [3.63, 3.8) is 0 Å². The maximum absolute atomic E-state index is 5.80. The molecule has 0 saturated carbocycles. The highest BCUT2D eigenvalue weighted by atomic mass is 16.5. The second-order valence-corrected chi connectivity index (χ2v) is 3.89. The van der Waals surface area contributed by atoms with E-state index < -0.39 is 0 Å². The number of hydrogen-bond donors (Lipinski definition) is 1. The van der Waals surface area contributed by atoms with Gasteiger partial charge in [-0.25, -0.2) is 4.98 Å². The van der Waals surface area contributed by atoms with Crippen LogP contribution in [0.25, 0.3) is 5.69 Å². The van der Waals surface area contributed by atoms with Gasteiger partial charge in [0.2, 0.25) is 0 Å². The molecule has 2 N–H and O–H groups in total. The molecule has 2 rings (SSSR count). The summed E-state index contributed by atoms with van der Waals surface area (Å²) in [5.74, 6) is 1.75. The molecular formula is C13H17N3O. The molecule has 0 aliphatic carbocycles. The van der Waals surface area contributed by atoms with Crippen molar-refractivity contribution in [2.45, 2.75) is 19.8 Å². The summed E-state index contributed by atoms with van der Waals surface area (Å²) in [5.41, 5.74) is 7.47. The highest BCUT2D eigenvalue weighted by Gasteiger charge is 2.06. The number of anilines is 1. The zero-order chi connectivity index (χ0) is 12.3. The van der Waals surface area contributed by atoms with Crippen LogP contribution in [-0.4, -0.2) is 16.7 Å². The lowest BCUT2D eigenvalue weighted by Gasteiger charge is -2.10. The van der Waals surface area contributed by atoms with Crippen molar-refractivity contribution in [1.29, 1.82) is 0 Å². The Bertz CT molecular complexity index is 505. The van der Waals surface area contributed by atoms with Gasteiger partial charge in [0, 0.05) is 24.9 Å². The van der Waals surface area contributed by atoms with Gasteiger partial charge < -0.3 is 15.0 Å². The summed E-state index contributed by atoms with van der Waals surface area (Å²) >= 11 is 0. The lowest BCUT2D eigenvalue weighted by atomic mass is 10.2. The molecular weight excluding hydrogens is 214 g/mol. The number of aryl methyl sites for hydroxylation is 1. The minimum Gasteiger partial charge on any atom is -0.495 e. The molecule has 17 heavy (non-hydrogen) atoms. The van der Waals surface area contributed by atoms with Crippen molar-refractivity contribution >= 4 is 5.69 Å². The smallest absolute Gasteiger partial charge is 0.143 e. The van der Waals surface area contributed by atoms with Crippen LogP contribution < -0.4 is 10.5 Å². The van der Waals surface area contributed by atoms with Gasteiger partial charge in [0.25, 0.3) is 0 Å². The quantitative estimate of drug-likeness (QED) is 0.822. The molecule has 0 atom stereocenters. The van der Waals surface area contributed by atoms with Crippen molar-refractivity contribution in [2.24, 2.45) is 0 Å². The Labute approximate surface area is 101 Å². The molecule has 0 saturated heterocycles. The number of rotatable bonds is 4. The molecule has 0 aliphatic rings. The Hall–Kier alpha value is -1.97. The third-order valence-electron chi connectivity index (χ3n) is 2.69. The largest absolute Gasteiger partial charge is 0.495 e.